The second-order valence-corrected chi connectivity index (χ2v) is 8.65. The lowest BCUT2D eigenvalue weighted by atomic mass is 9.81. The van der Waals surface area contributed by atoms with Crippen molar-refractivity contribution in [2.75, 3.05) is 10.6 Å². The summed E-state index contributed by atoms with van der Waals surface area (Å²) >= 11 is 7.99. The van der Waals surface area contributed by atoms with E-state index in [1.165, 1.54) is 4.88 Å². The lowest BCUT2D eigenvalue weighted by Gasteiger charge is -2.29. The number of para-hydroxylation sites is 2. The zero-order chi connectivity index (χ0) is 19.1. The third-order valence-corrected chi connectivity index (χ3v) is 6.71. The molecule has 2 atom stereocenters. The van der Waals surface area contributed by atoms with Gasteiger partial charge in [0.15, 0.2) is 5.78 Å². The molecular weight excluding hydrogens is 388 g/mol. The van der Waals surface area contributed by atoms with Crippen molar-refractivity contribution in [1.82, 2.24) is 0 Å². The summed E-state index contributed by atoms with van der Waals surface area (Å²) in [4.78, 5) is 14.6. The minimum Gasteiger partial charge on any atom is -0.372 e. The number of halogens is 1. The smallest absolute Gasteiger partial charge is 0.163 e. The van der Waals surface area contributed by atoms with Crippen LogP contribution in [0.2, 0.25) is 5.02 Å². The van der Waals surface area contributed by atoms with Gasteiger partial charge < -0.3 is 10.6 Å². The van der Waals surface area contributed by atoms with Gasteiger partial charge in [0.2, 0.25) is 0 Å². The number of Topliss-reactive ketones (excluding diaryl/α,β-unsaturated/α-hetero) is 1. The van der Waals surface area contributed by atoms with Crippen molar-refractivity contribution in [2.45, 2.75) is 24.8 Å². The van der Waals surface area contributed by atoms with Crippen LogP contribution in [0.4, 0.5) is 11.4 Å². The van der Waals surface area contributed by atoms with Crippen molar-refractivity contribution in [2.24, 2.45) is 0 Å². The maximum atomic E-state index is 13.3. The summed E-state index contributed by atoms with van der Waals surface area (Å²) in [5.74, 6) is 0.418. The lowest BCUT2D eigenvalue weighted by Crippen LogP contribution is -2.26. The van der Waals surface area contributed by atoms with E-state index in [1.807, 2.05) is 48.5 Å². The fraction of sp³-hybridized carbons (Fsp3) is 0.174. The number of nitrogens with one attached hydrogen (secondary N) is 2. The monoisotopic (exact) mass is 406 g/mol. The maximum Gasteiger partial charge on any atom is 0.163 e. The number of hydrogen-bond acceptors (Lipinski definition) is 4. The Morgan fingerprint density at radius 1 is 0.964 bits per heavy atom. The van der Waals surface area contributed by atoms with Gasteiger partial charge in [0, 0.05) is 33.5 Å². The molecule has 1 aliphatic carbocycles. The van der Waals surface area contributed by atoms with E-state index in [9.17, 15) is 4.79 Å². The number of anilines is 2. The number of thiophene rings is 1. The van der Waals surface area contributed by atoms with E-state index in [1.54, 1.807) is 11.3 Å². The molecule has 28 heavy (non-hydrogen) atoms. The quantitative estimate of drug-likeness (QED) is 0.518. The Labute approximate surface area is 173 Å². The molecule has 0 saturated carbocycles. The molecule has 0 spiro atoms. The van der Waals surface area contributed by atoms with Gasteiger partial charge in [-0.25, -0.2) is 0 Å². The van der Waals surface area contributed by atoms with Gasteiger partial charge in [0.1, 0.15) is 0 Å². The zero-order valence-corrected chi connectivity index (χ0v) is 16.7. The fourth-order valence-electron chi connectivity index (χ4n) is 4.15. The predicted octanol–water partition coefficient (Wildman–Crippen LogP) is 6.38. The molecule has 1 aliphatic heterocycles. The van der Waals surface area contributed by atoms with Crippen LogP contribution in [-0.4, -0.2) is 5.78 Å². The number of carbonyl (C=O) groups is 1. The minimum atomic E-state index is -0.221. The van der Waals surface area contributed by atoms with Crippen LogP contribution in [-0.2, 0) is 4.79 Å². The molecule has 1 aromatic heterocycles. The van der Waals surface area contributed by atoms with Crippen LogP contribution in [0.25, 0.3) is 0 Å². The Kier molecular flexibility index (Phi) is 4.46. The van der Waals surface area contributed by atoms with Gasteiger partial charge in [0.05, 0.1) is 17.4 Å². The molecule has 0 unspecified atom stereocenters. The van der Waals surface area contributed by atoms with Gasteiger partial charge >= 0.3 is 0 Å². The first-order valence-electron chi connectivity index (χ1n) is 9.37. The molecule has 0 bridgehead atoms. The van der Waals surface area contributed by atoms with Crippen LogP contribution >= 0.6 is 22.9 Å². The number of rotatable bonds is 2. The highest BCUT2D eigenvalue weighted by atomic mass is 35.5. The van der Waals surface area contributed by atoms with E-state index in [0.29, 0.717) is 11.4 Å². The number of fused-ring (bicyclic) bond motifs is 1. The molecule has 0 amide bonds. The third-order valence-electron chi connectivity index (χ3n) is 5.44. The number of hydrogen-bond donors (Lipinski definition) is 2. The van der Waals surface area contributed by atoms with E-state index in [4.69, 9.17) is 11.6 Å². The molecule has 0 radical (unpaired) electrons. The fourth-order valence-corrected chi connectivity index (χ4v) is 5.18. The lowest BCUT2D eigenvalue weighted by molar-refractivity contribution is -0.116. The van der Waals surface area contributed by atoms with Gasteiger partial charge in [0.25, 0.3) is 0 Å². The van der Waals surface area contributed by atoms with Crippen LogP contribution in [0.3, 0.4) is 0 Å². The van der Waals surface area contributed by atoms with E-state index in [2.05, 4.69) is 28.1 Å². The van der Waals surface area contributed by atoms with Crippen molar-refractivity contribution in [3.05, 3.63) is 92.8 Å². The molecule has 2 aliphatic rings. The number of allylic oxidation sites excluding steroid dienone is 1. The predicted molar refractivity (Wildman–Crippen MR) is 116 cm³/mol. The third kappa shape index (κ3) is 3.13. The summed E-state index contributed by atoms with van der Waals surface area (Å²) in [6.07, 6.45) is 1.37. The molecule has 5 rings (SSSR count). The summed E-state index contributed by atoms with van der Waals surface area (Å²) in [5, 5.41) is 9.90. The van der Waals surface area contributed by atoms with Crippen molar-refractivity contribution in [3.8, 4) is 0 Å². The summed E-state index contributed by atoms with van der Waals surface area (Å²) in [5.41, 5.74) is 4.83. The van der Waals surface area contributed by atoms with Crippen LogP contribution in [0.15, 0.2) is 77.3 Å². The van der Waals surface area contributed by atoms with Gasteiger partial charge in [-0.2, -0.15) is 0 Å². The van der Waals surface area contributed by atoms with Crippen LogP contribution < -0.4 is 10.6 Å². The topological polar surface area (TPSA) is 41.1 Å². The zero-order valence-electron chi connectivity index (χ0n) is 15.1. The van der Waals surface area contributed by atoms with E-state index < -0.39 is 0 Å². The van der Waals surface area contributed by atoms with Crippen molar-refractivity contribution < 1.29 is 4.79 Å². The normalized spacial score (nSPS) is 21.2. The molecule has 3 nitrogen and oxygen atoms in total. The summed E-state index contributed by atoms with van der Waals surface area (Å²) in [6.45, 7) is 0. The Morgan fingerprint density at radius 3 is 2.61 bits per heavy atom. The van der Waals surface area contributed by atoms with Crippen LogP contribution in [0, 0.1) is 0 Å². The van der Waals surface area contributed by atoms with Crippen molar-refractivity contribution in [3.63, 3.8) is 0 Å². The first-order chi connectivity index (χ1) is 13.7. The SMILES string of the molecule is O=C1C[C@@H](c2cccs2)CC2=C1[C@@H](c1cccc(Cl)c1)Nc1ccccc1N2. The Bertz CT molecular complexity index is 1070. The molecule has 3 aromatic rings. The number of carbonyl (C=O) groups excluding carboxylic acids is 1. The van der Waals surface area contributed by atoms with Crippen LogP contribution in [0.5, 0.6) is 0 Å². The molecule has 2 aromatic carbocycles. The first-order valence-corrected chi connectivity index (χ1v) is 10.6. The van der Waals surface area contributed by atoms with Gasteiger partial charge in [-0.15, -0.1) is 11.3 Å². The maximum absolute atomic E-state index is 13.3. The van der Waals surface area contributed by atoms with Gasteiger partial charge in [-0.05, 0) is 47.7 Å². The first kappa shape index (κ1) is 17.5. The van der Waals surface area contributed by atoms with E-state index >= 15 is 0 Å². The molecule has 0 fully saturated rings. The van der Waals surface area contributed by atoms with Crippen molar-refractivity contribution >= 4 is 40.1 Å². The molecular formula is C23H19ClN2OS. The highest BCUT2D eigenvalue weighted by Crippen LogP contribution is 2.45. The molecule has 5 heteroatoms. The Morgan fingerprint density at radius 2 is 1.82 bits per heavy atom. The second-order valence-electron chi connectivity index (χ2n) is 7.24. The molecule has 140 valence electrons. The highest BCUT2D eigenvalue weighted by Gasteiger charge is 2.36. The Balaban J connectivity index is 1.64. The second kappa shape index (κ2) is 7.12. The largest absolute Gasteiger partial charge is 0.372 e. The number of benzene rings is 2. The Hall–Kier alpha value is -2.56. The average Bonchev–Trinajstić information content (AvgIpc) is 3.17. The van der Waals surface area contributed by atoms with Gasteiger partial charge in [-0.3, -0.25) is 4.79 Å². The van der Waals surface area contributed by atoms with Gasteiger partial charge in [-0.1, -0.05) is 41.9 Å². The van der Waals surface area contributed by atoms with E-state index in [0.717, 1.165) is 34.6 Å². The summed E-state index contributed by atoms with van der Waals surface area (Å²) in [7, 11) is 0. The average molecular weight is 407 g/mol. The van der Waals surface area contributed by atoms with Crippen molar-refractivity contribution in [1.29, 1.82) is 0 Å². The molecule has 0 saturated heterocycles. The molecule has 2 heterocycles. The summed E-state index contributed by atoms with van der Waals surface area (Å²) < 4.78 is 0. The number of ketones is 1. The summed E-state index contributed by atoms with van der Waals surface area (Å²) in [6, 6.07) is 19.8. The standard InChI is InChI=1S/C23H19ClN2OS/c24-16-6-3-5-14(11-16)23-22-19(25-17-7-1-2-8-18(17)26-23)12-15(13-20(22)27)21-9-4-10-28-21/h1-11,15,23,25-26H,12-13H2/t15-,23+/m0/s1. The minimum absolute atomic E-state index is 0.192. The van der Waals surface area contributed by atoms with Crippen LogP contribution in [0.1, 0.15) is 35.2 Å². The van der Waals surface area contributed by atoms with E-state index in [-0.39, 0.29) is 17.7 Å². The highest BCUT2D eigenvalue weighted by molar-refractivity contribution is 7.10. The molecule has 2 N–H and O–H groups in total.